The SMILES string of the molecule is OC(CCc1ccccc1)[C@@H]1[C@H](COCc2ccccc2)C1(F)F. The number of aliphatic hydroxyl groups is 1. The Morgan fingerprint density at radius 3 is 2.17 bits per heavy atom. The molecule has 0 spiro atoms. The van der Waals surface area contributed by atoms with Gasteiger partial charge in [-0.25, -0.2) is 8.78 Å². The fourth-order valence-electron chi connectivity index (χ4n) is 3.17. The van der Waals surface area contributed by atoms with Gasteiger partial charge in [0.25, 0.3) is 5.92 Å². The lowest BCUT2D eigenvalue weighted by atomic mass is 10.0. The molecule has 24 heavy (non-hydrogen) atoms. The van der Waals surface area contributed by atoms with Crippen molar-refractivity contribution in [2.24, 2.45) is 11.8 Å². The molecule has 0 bridgehead atoms. The monoisotopic (exact) mass is 332 g/mol. The van der Waals surface area contributed by atoms with Crippen LogP contribution in [0.15, 0.2) is 60.7 Å². The van der Waals surface area contributed by atoms with Gasteiger partial charge < -0.3 is 9.84 Å². The molecule has 0 aromatic heterocycles. The minimum atomic E-state index is -2.83. The van der Waals surface area contributed by atoms with E-state index < -0.39 is 23.9 Å². The van der Waals surface area contributed by atoms with Crippen molar-refractivity contribution in [3.8, 4) is 0 Å². The quantitative estimate of drug-likeness (QED) is 0.789. The van der Waals surface area contributed by atoms with Crippen LogP contribution in [-0.4, -0.2) is 23.7 Å². The Hall–Kier alpha value is -1.78. The summed E-state index contributed by atoms with van der Waals surface area (Å²) in [5, 5.41) is 10.1. The summed E-state index contributed by atoms with van der Waals surface area (Å²) < 4.78 is 33.3. The van der Waals surface area contributed by atoms with Crippen molar-refractivity contribution in [2.75, 3.05) is 6.61 Å². The lowest BCUT2D eigenvalue weighted by molar-refractivity contribution is 0.0325. The molecule has 0 heterocycles. The second-order valence-electron chi connectivity index (χ2n) is 6.40. The first-order valence-corrected chi connectivity index (χ1v) is 8.30. The summed E-state index contributed by atoms with van der Waals surface area (Å²) in [5.41, 5.74) is 2.01. The van der Waals surface area contributed by atoms with E-state index in [2.05, 4.69) is 0 Å². The van der Waals surface area contributed by atoms with Crippen LogP contribution in [0.25, 0.3) is 0 Å². The predicted molar refractivity (Wildman–Crippen MR) is 88.8 cm³/mol. The average Bonchev–Trinajstić information content (AvgIpc) is 3.15. The smallest absolute Gasteiger partial charge is 0.259 e. The minimum Gasteiger partial charge on any atom is -0.393 e. The highest BCUT2D eigenvalue weighted by molar-refractivity contribution is 5.16. The van der Waals surface area contributed by atoms with Crippen molar-refractivity contribution in [1.29, 1.82) is 0 Å². The topological polar surface area (TPSA) is 29.5 Å². The fourth-order valence-corrected chi connectivity index (χ4v) is 3.17. The van der Waals surface area contributed by atoms with Crippen LogP contribution >= 0.6 is 0 Å². The Kier molecular flexibility index (Phi) is 5.27. The van der Waals surface area contributed by atoms with Gasteiger partial charge in [0.1, 0.15) is 0 Å². The lowest BCUT2D eigenvalue weighted by Gasteiger charge is -2.10. The highest BCUT2D eigenvalue weighted by Crippen LogP contribution is 2.57. The van der Waals surface area contributed by atoms with E-state index in [9.17, 15) is 13.9 Å². The van der Waals surface area contributed by atoms with Crippen LogP contribution in [0.2, 0.25) is 0 Å². The number of ether oxygens (including phenoxy) is 1. The Morgan fingerprint density at radius 1 is 0.958 bits per heavy atom. The summed E-state index contributed by atoms with van der Waals surface area (Å²) in [7, 11) is 0. The Labute approximate surface area is 141 Å². The zero-order chi connectivity index (χ0) is 17.0. The third-order valence-corrected chi connectivity index (χ3v) is 4.66. The molecule has 4 heteroatoms. The predicted octanol–water partition coefficient (Wildman–Crippen LogP) is 4.08. The second-order valence-corrected chi connectivity index (χ2v) is 6.40. The first-order chi connectivity index (χ1) is 11.6. The van der Waals surface area contributed by atoms with E-state index in [0.29, 0.717) is 19.4 Å². The first kappa shape index (κ1) is 17.1. The number of benzene rings is 2. The molecule has 2 aromatic carbocycles. The Bertz CT molecular complexity index is 631. The third-order valence-electron chi connectivity index (χ3n) is 4.66. The number of alkyl halides is 2. The standard InChI is InChI=1S/C20H22F2O2/c21-20(22)17(14-24-13-16-9-5-2-6-10-16)19(20)18(23)12-11-15-7-3-1-4-8-15/h1-10,17-19,23H,11-14H2/t17-,18?,19-/m0/s1. The van der Waals surface area contributed by atoms with Gasteiger partial charge in [0.05, 0.1) is 31.2 Å². The molecule has 2 nitrogen and oxygen atoms in total. The molecule has 1 aliphatic carbocycles. The molecule has 3 atom stereocenters. The number of hydrogen-bond acceptors (Lipinski definition) is 2. The maximum absolute atomic E-state index is 13.9. The maximum Gasteiger partial charge on any atom is 0.259 e. The van der Waals surface area contributed by atoms with E-state index in [1.165, 1.54) is 0 Å². The van der Waals surface area contributed by atoms with Gasteiger partial charge in [0, 0.05) is 0 Å². The van der Waals surface area contributed by atoms with Crippen LogP contribution in [0.1, 0.15) is 17.5 Å². The normalized spacial score (nSPS) is 23.0. The first-order valence-electron chi connectivity index (χ1n) is 8.30. The van der Waals surface area contributed by atoms with Gasteiger partial charge in [-0.1, -0.05) is 60.7 Å². The van der Waals surface area contributed by atoms with Crippen molar-refractivity contribution in [2.45, 2.75) is 31.5 Å². The zero-order valence-corrected chi connectivity index (χ0v) is 13.4. The summed E-state index contributed by atoms with van der Waals surface area (Å²) in [4.78, 5) is 0. The maximum atomic E-state index is 13.9. The van der Waals surface area contributed by atoms with Crippen molar-refractivity contribution < 1.29 is 18.6 Å². The molecule has 0 radical (unpaired) electrons. The highest BCUT2D eigenvalue weighted by Gasteiger charge is 2.70. The van der Waals surface area contributed by atoms with Gasteiger partial charge >= 0.3 is 0 Å². The molecule has 1 fully saturated rings. The van der Waals surface area contributed by atoms with E-state index in [1.807, 2.05) is 60.7 Å². The fraction of sp³-hybridized carbons (Fsp3) is 0.400. The summed E-state index contributed by atoms with van der Waals surface area (Å²) in [6, 6.07) is 19.1. The largest absolute Gasteiger partial charge is 0.393 e. The molecule has 1 N–H and O–H groups in total. The summed E-state index contributed by atoms with van der Waals surface area (Å²) in [6.45, 7) is 0.301. The molecule has 1 saturated carbocycles. The number of halogens is 2. The Morgan fingerprint density at radius 2 is 1.54 bits per heavy atom. The van der Waals surface area contributed by atoms with Crippen molar-refractivity contribution in [3.63, 3.8) is 0 Å². The minimum absolute atomic E-state index is 0.0189. The van der Waals surface area contributed by atoms with E-state index >= 15 is 0 Å². The van der Waals surface area contributed by atoms with Gasteiger partial charge in [-0.2, -0.15) is 0 Å². The van der Waals surface area contributed by atoms with Crippen LogP contribution in [0, 0.1) is 11.8 Å². The molecule has 0 saturated heterocycles. The third kappa shape index (κ3) is 4.00. The van der Waals surface area contributed by atoms with Crippen molar-refractivity contribution >= 4 is 0 Å². The van der Waals surface area contributed by atoms with Crippen LogP contribution in [0.5, 0.6) is 0 Å². The molecule has 0 aliphatic heterocycles. The summed E-state index contributed by atoms with van der Waals surface area (Å²) >= 11 is 0. The summed E-state index contributed by atoms with van der Waals surface area (Å²) in [6.07, 6.45) is -0.0448. The Balaban J connectivity index is 1.45. The van der Waals surface area contributed by atoms with Gasteiger partial charge in [-0.3, -0.25) is 0 Å². The second kappa shape index (κ2) is 7.41. The van der Waals surface area contributed by atoms with Crippen LogP contribution in [0.3, 0.4) is 0 Å². The van der Waals surface area contributed by atoms with E-state index in [0.717, 1.165) is 11.1 Å². The van der Waals surface area contributed by atoms with E-state index in [-0.39, 0.29) is 6.61 Å². The lowest BCUT2D eigenvalue weighted by Crippen LogP contribution is -2.15. The number of rotatable bonds is 8. The molecular formula is C20H22F2O2. The molecule has 1 unspecified atom stereocenters. The van der Waals surface area contributed by atoms with Gasteiger partial charge in [-0.05, 0) is 24.0 Å². The molecule has 0 amide bonds. The number of aryl methyl sites for hydroxylation is 1. The van der Waals surface area contributed by atoms with Gasteiger partial charge in [0.2, 0.25) is 0 Å². The molecule has 128 valence electrons. The van der Waals surface area contributed by atoms with Crippen LogP contribution in [-0.2, 0) is 17.8 Å². The van der Waals surface area contributed by atoms with Crippen molar-refractivity contribution in [3.05, 3.63) is 71.8 Å². The van der Waals surface area contributed by atoms with E-state index in [4.69, 9.17) is 4.74 Å². The molecule has 2 aromatic rings. The van der Waals surface area contributed by atoms with Crippen LogP contribution < -0.4 is 0 Å². The van der Waals surface area contributed by atoms with Gasteiger partial charge in [-0.15, -0.1) is 0 Å². The van der Waals surface area contributed by atoms with Crippen molar-refractivity contribution in [1.82, 2.24) is 0 Å². The zero-order valence-electron chi connectivity index (χ0n) is 13.4. The molecule has 1 aliphatic rings. The van der Waals surface area contributed by atoms with E-state index in [1.54, 1.807) is 0 Å². The highest BCUT2D eigenvalue weighted by atomic mass is 19.3. The number of hydrogen-bond donors (Lipinski definition) is 1. The van der Waals surface area contributed by atoms with Gasteiger partial charge in [0.15, 0.2) is 0 Å². The molecule has 3 rings (SSSR count). The molecular weight excluding hydrogens is 310 g/mol. The number of aliphatic hydroxyl groups excluding tert-OH is 1. The summed E-state index contributed by atoms with van der Waals surface area (Å²) in [5.74, 6) is -4.70. The average molecular weight is 332 g/mol. The van der Waals surface area contributed by atoms with Crippen LogP contribution in [0.4, 0.5) is 8.78 Å².